The van der Waals surface area contributed by atoms with Gasteiger partial charge in [0.15, 0.2) is 0 Å². The molecule has 4 nitrogen and oxygen atoms in total. The molecule has 0 aromatic carbocycles. The van der Waals surface area contributed by atoms with Crippen LogP contribution in [0.3, 0.4) is 0 Å². The zero-order chi connectivity index (χ0) is 9.98. The van der Waals surface area contributed by atoms with Crippen molar-refractivity contribution in [2.24, 2.45) is 0 Å². The van der Waals surface area contributed by atoms with Gasteiger partial charge in [-0.1, -0.05) is 6.92 Å². The lowest BCUT2D eigenvalue weighted by atomic mass is 10.2. The Morgan fingerprint density at radius 2 is 1.42 bits per heavy atom. The van der Waals surface area contributed by atoms with Gasteiger partial charge in [0.25, 0.3) is 0 Å². The normalized spacial score (nSPS) is 8.17. The molecule has 0 aliphatic carbocycles. The summed E-state index contributed by atoms with van der Waals surface area (Å²) < 4.78 is 0. The van der Waals surface area contributed by atoms with Gasteiger partial charge in [0.2, 0.25) is 0 Å². The number of rotatable bonds is 4. The summed E-state index contributed by atoms with van der Waals surface area (Å²) in [6.45, 7) is 1.89. The lowest BCUT2D eigenvalue weighted by Crippen LogP contribution is -1.98. The fourth-order valence-corrected chi connectivity index (χ4v) is 0.391. The molecular formula is C7H13ClO4. The molecule has 0 unspecified atom stereocenters. The van der Waals surface area contributed by atoms with Gasteiger partial charge in [0.05, 0.1) is 0 Å². The van der Waals surface area contributed by atoms with Crippen molar-refractivity contribution in [3.05, 3.63) is 0 Å². The highest BCUT2D eigenvalue weighted by Crippen LogP contribution is 1.93. The van der Waals surface area contributed by atoms with Crippen LogP contribution in [-0.2, 0) is 9.59 Å². The molecule has 5 heteroatoms. The van der Waals surface area contributed by atoms with Crippen LogP contribution in [0.4, 0.5) is 0 Å². The summed E-state index contributed by atoms with van der Waals surface area (Å²) in [5.41, 5.74) is 0. The maximum absolute atomic E-state index is 9.79. The van der Waals surface area contributed by atoms with Crippen LogP contribution >= 0.6 is 11.6 Å². The molecule has 0 saturated carbocycles. The van der Waals surface area contributed by atoms with Crippen LogP contribution in [0.5, 0.6) is 0 Å². The minimum atomic E-state index is -0.948. The van der Waals surface area contributed by atoms with Crippen molar-refractivity contribution in [3.63, 3.8) is 0 Å². The molecule has 0 amide bonds. The van der Waals surface area contributed by atoms with Crippen molar-refractivity contribution in [3.8, 4) is 0 Å². The Balaban J connectivity index is 0. The quantitative estimate of drug-likeness (QED) is 0.670. The maximum atomic E-state index is 9.79. The van der Waals surface area contributed by atoms with E-state index < -0.39 is 11.9 Å². The van der Waals surface area contributed by atoms with Crippen LogP contribution in [0.15, 0.2) is 0 Å². The fourth-order valence-electron chi connectivity index (χ4n) is 0.391. The Morgan fingerprint density at radius 3 is 1.58 bits per heavy atom. The number of hydrogen-bond acceptors (Lipinski definition) is 2. The Labute approximate surface area is 76.1 Å². The maximum Gasteiger partial charge on any atom is 0.303 e. The molecule has 0 rings (SSSR count). The van der Waals surface area contributed by atoms with Crippen molar-refractivity contribution in [2.75, 3.05) is 5.88 Å². The second kappa shape index (κ2) is 10.2. The standard InChI is InChI=1S/C5H8O4.C2H5Cl/c6-4(7)2-1-3-5(8)9;1-2-3/h1-3H2,(H,6,7)(H,8,9);2H2,1H3. The first-order valence-corrected chi connectivity index (χ1v) is 4.07. The molecule has 0 aliphatic rings. The first kappa shape index (κ1) is 13.8. The minimum absolute atomic E-state index is 0.0632. The van der Waals surface area contributed by atoms with Gasteiger partial charge in [-0.3, -0.25) is 9.59 Å². The summed E-state index contributed by atoms with van der Waals surface area (Å²) in [5.74, 6) is -1.17. The van der Waals surface area contributed by atoms with Crippen LogP contribution < -0.4 is 0 Å². The molecule has 12 heavy (non-hydrogen) atoms. The van der Waals surface area contributed by atoms with E-state index in [0.29, 0.717) is 0 Å². The Morgan fingerprint density at radius 1 is 1.17 bits per heavy atom. The number of carbonyl (C=O) groups is 2. The molecule has 2 N–H and O–H groups in total. The lowest BCUT2D eigenvalue weighted by Gasteiger charge is -1.89. The molecule has 0 radical (unpaired) electrons. The van der Waals surface area contributed by atoms with E-state index in [1.807, 2.05) is 6.92 Å². The van der Waals surface area contributed by atoms with E-state index in [4.69, 9.17) is 21.8 Å². The van der Waals surface area contributed by atoms with E-state index in [1.165, 1.54) is 0 Å². The smallest absolute Gasteiger partial charge is 0.303 e. The summed E-state index contributed by atoms with van der Waals surface area (Å²) in [6, 6.07) is 0. The number of aliphatic carboxylic acids is 2. The van der Waals surface area contributed by atoms with Crippen molar-refractivity contribution in [1.82, 2.24) is 0 Å². The van der Waals surface area contributed by atoms with Crippen LogP contribution in [0.1, 0.15) is 26.2 Å². The zero-order valence-corrected chi connectivity index (χ0v) is 7.67. The van der Waals surface area contributed by atoms with E-state index in [9.17, 15) is 9.59 Å². The summed E-state index contributed by atoms with van der Waals surface area (Å²) in [5, 5.41) is 16.1. The van der Waals surface area contributed by atoms with Crippen LogP contribution in [-0.4, -0.2) is 28.0 Å². The largest absolute Gasteiger partial charge is 0.481 e. The van der Waals surface area contributed by atoms with E-state index in [-0.39, 0.29) is 19.3 Å². The van der Waals surface area contributed by atoms with Crippen molar-refractivity contribution in [1.29, 1.82) is 0 Å². The molecular weight excluding hydrogens is 184 g/mol. The Kier molecular flexibility index (Phi) is 11.8. The van der Waals surface area contributed by atoms with Gasteiger partial charge < -0.3 is 10.2 Å². The molecule has 0 saturated heterocycles. The predicted octanol–water partition coefficient (Wildman–Crippen LogP) is 1.57. The van der Waals surface area contributed by atoms with Gasteiger partial charge >= 0.3 is 11.9 Å². The second-order valence-electron chi connectivity index (χ2n) is 1.91. The highest BCUT2D eigenvalue weighted by molar-refractivity contribution is 6.17. The van der Waals surface area contributed by atoms with Crippen LogP contribution in [0, 0.1) is 0 Å². The monoisotopic (exact) mass is 196 g/mol. The van der Waals surface area contributed by atoms with Gasteiger partial charge in [0.1, 0.15) is 0 Å². The minimum Gasteiger partial charge on any atom is -0.481 e. The van der Waals surface area contributed by atoms with Gasteiger partial charge in [-0.2, -0.15) is 0 Å². The number of alkyl halides is 1. The third-order valence-electron chi connectivity index (χ3n) is 0.781. The third-order valence-corrected chi connectivity index (χ3v) is 0.781. The van der Waals surface area contributed by atoms with Gasteiger partial charge in [-0.05, 0) is 6.42 Å². The first-order chi connectivity index (χ1) is 5.54. The first-order valence-electron chi connectivity index (χ1n) is 3.54. The van der Waals surface area contributed by atoms with Crippen molar-refractivity contribution in [2.45, 2.75) is 26.2 Å². The molecule has 0 spiro atoms. The second-order valence-corrected chi connectivity index (χ2v) is 2.44. The number of carboxylic acid groups (broad SMARTS) is 2. The fraction of sp³-hybridized carbons (Fsp3) is 0.714. The number of hydrogen-bond donors (Lipinski definition) is 2. The number of halogens is 1. The Bertz CT molecular complexity index is 121. The Hall–Kier alpha value is -0.770. The molecule has 0 aliphatic heterocycles. The predicted molar refractivity (Wildman–Crippen MR) is 45.5 cm³/mol. The highest BCUT2D eigenvalue weighted by atomic mass is 35.5. The SMILES string of the molecule is CCCl.O=C(O)CCCC(=O)O. The molecule has 0 atom stereocenters. The van der Waals surface area contributed by atoms with E-state index in [2.05, 4.69) is 0 Å². The van der Waals surface area contributed by atoms with Gasteiger partial charge in [0, 0.05) is 18.7 Å². The number of carboxylic acids is 2. The average Bonchev–Trinajstić information content (AvgIpc) is 1.87. The summed E-state index contributed by atoms with van der Waals surface area (Å²) in [7, 11) is 0. The van der Waals surface area contributed by atoms with E-state index in [1.54, 1.807) is 0 Å². The summed E-state index contributed by atoms with van der Waals surface area (Å²) in [6.07, 6.45) is 0.0866. The zero-order valence-electron chi connectivity index (χ0n) is 6.92. The molecule has 0 aromatic rings. The van der Waals surface area contributed by atoms with Crippen molar-refractivity contribution >= 4 is 23.5 Å². The molecule has 0 aromatic heterocycles. The van der Waals surface area contributed by atoms with Gasteiger partial charge in [-0.15, -0.1) is 11.6 Å². The molecule has 72 valence electrons. The van der Waals surface area contributed by atoms with Crippen LogP contribution in [0.2, 0.25) is 0 Å². The van der Waals surface area contributed by atoms with E-state index >= 15 is 0 Å². The molecule has 0 bridgehead atoms. The highest BCUT2D eigenvalue weighted by Gasteiger charge is 1.99. The molecule has 0 heterocycles. The van der Waals surface area contributed by atoms with Crippen molar-refractivity contribution < 1.29 is 19.8 Å². The summed E-state index contributed by atoms with van der Waals surface area (Å²) >= 11 is 5.00. The van der Waals surface area contributed by atoms with Gasteiger partial charge in [-0.25, -0.2) is 0 Å². The molecule has 0 fully saturated rings. The topological polar surface area (TPSA) is 74.6 Å². The lowest BCUT2D eigenvalue weighted by molar-refractivity contribution is -0.138. The van der Waals surface area contributed by atoms with Crippen LogP contribution in [0.25, 0.3) is 0 Å². The third kappa shape index (κ3) is 22.9. The summed E-state index contributed by atoms with van der Waals surface area (Å²) in [4.78, 5) is 19.6. The van der Waals surface area contributed by atoms with E-state index in [0.717, 1.165) is 5.88 Å². The average molecular weight is 197 g/mol.